The van der Waals surface area contributed by atoms with Gasteiger partial charge in [-0.1, -0.05) is 23.2 Å². The molecule has 0 saturated heterocycles. The maximum atomic E-state index is 12.9. The molecule has 1 nitrogen and oxygen atoms in total. The van der Waals surface area contributed by atoms with E-state index in [0.717, 1.165) is 4.88 Å². The van der Waals surface area contributed by atoms with Crippen molar-refractivity contribution in [3.8, 4) is 0 Å². The van der Waals surface area contributed by atoms with Crippen molar-refractivity contribution in [2.75, 3.05) is 0 Å². The minimum atomic E-state index is -0.445. The number of aliphatic imine (C=N–C) groups is 1. The quantitative estimate of drug-likeness (QED) is 0.687. The molecule has 16 heavy (non-hydrogen) atoms. The van der Waals surface area contributed by atoms with Crippen LogP contribution in [-0.4, -0.2) is 6.21 Å². The summed E-state index contributed by atoms with van der Waals surface area (Å²) in [5.74, 6) is -0.445. The summed E-state index contributed by atoms with van der Waals surface area (Å²) < 4.78 is 13.6. The van der Waals surface area contributed by atoms with Crippen molar-refractivity contribution in [2.45, 2.75) is 0 Å². The summed E-state index contributed by atoms with van der Waals surface area (Å²) in [6.07, 6.45) is 1.67. The van der Waals surface area contributed by atoms with Gasteiger partial charge in [0, 0.05) is 11.1 Å². The Balaban J connectivity index is 2.20. The zero-order valence-electron chi connectivity index (χ0n) is 7.95. The van der Waals surface area contributed by atoms with Crippen molar-refractivity contribution in [2.24, 2.45) is 4.99 Å². The smallest absolute Gasteiger partial charge is 0.141 e. The monoisotopic (exact) mass is 273 g/mol. The van der Waals surface area contributed by atoms with E-state index in [1.807, 2.05) is 6.07 Å². The first-order chi connectivity index (χ1) is 7.65. The van der Waals surface area contributed by atoms with Gasteiger partial charge in [0.15, 0.2) is 0 Å². The van der Waals surface area contributed by atoms with Crippen LogP contribution in [0, 0.1) is 5.82 Å². The largest absolute Gasteiger partial charge is 0.255 e. The number of benzene rings is 1. The molecule has 1 aromatic heterocycles. The van der Waals surface area contributed by atoms with Crippen LogP contribution >= 0.6 is 34.5 Å². The molecular formula is C11H6Cl2FNS. The van der Waals surface area contributed by atoms with Crippen molar-refractivity contribution in [3.05, 3.63) is 50.4 Å². The molecule has 0 bridgehead atoms. The lowest BCUT2D eigenvalue weighted by atomic mass is 10.3. The Kier molecular flexibility index (Phi) is 3.59. The molecule has 0 spiro atoms. The van der Waals surface area contributed by atoms with E-state index in [0.29, 0.717) is 10.0 Å². The highest BCUT2D eigenvalue weighted by Crippen LogP contribution is 2.23. The summed E-state index contributed by atoms with van der Waals surface area (Å²) in [5, 5.41) is 0.0684. The fraction of sp³-hybridized carbons (Fsp3) is 0. The van der Waals surface area contributed by atoms with Crippen LogP contribution in [0.4, 0.5) is 10.1 Å². The van der Waals surface area contributed by atoms with Gasteiger partial charge in [-0.05, 0) is 30.3 Å². The van der Waals surface area contributed by atoms with Crippen molar-refractivity contribution >= 4 is 46.4 Å². The summed E-state index contributed by atoms with van der Waals surface area (Å²) >= 11 is 12.8. The summed E-state index contributed by atoms with van der Waals surface area (Å²) in [6.45, 7) is 0. The van der Waals surface area contributed by atoms with E-state index < -0.39 is 5.82 Å². The summed E-state index contributed by atoms with van der Waals surface area (Å²) in [4.78, 5) is 5.10. The van der Waals surface area contributed by atoms with Crippen LogP contribution in [0.15, 0.2) is 35.3 Å². The SMILES string of the molecule is Fc1ccc(N=Cc2ccc(Cl)s2)cc1Cl. The van der Waals surface area contributed by atoms with Crippen LogP contribution < -0.4 is 0 Å². The highest BCUT2D eigenvalue weighted by molar-refractivity contribution is 7.17. The number of hydrogen-bond donors (Lipinski definition) is 0. The van der Waals surface area contributed by atoms with Gasteiger partial charge in [-0.2, -0.15) is 0 Å². The van der Waals surface area contributed by atoms with Gasteiger partial charge in [0.05, 0.1) is 15.0 Å². The van der Waals surface area contributed by atoms with Gasteiger partial charge in [0.25, 0.3) is 0 Å². The van der Waals surface area contributed by atoms with Crippen molar-refractivity contribution in [1.82, 2.24) is 0 Å². The van der Waals surface area contributed by atoms with Gasteiger partial charge >= 0.3 is 0 Å². The maximum Gasteiger partial charge on any atom is 0.141 e. The lowest BCUT2D eigenvalue weighted by Gasteiger charge is -1.95. The Morgan fingerprint density at radius 3 is 2.62 bits per heavy atom. The van der Waals surface area contributed by atoms with Crippen LogP contribution in [0.1, 0.15) is 4.88 Å². The van der Waals surface area contributed by atoms with E-state index in [1.165, 1.54) is 23.5 Å². The Hall–Kier alpha value is -0.900. The van der Waals surface area contributed by atoms with Gasteiger partial charge in [-0.25, -0.2) is 4.39 Å². The van der Waals surface area contributed by atoms with Crippen LogP contribution in [0.5, 0.6) is 0 Å². The molecule has 0 N–H and O–H groups in total. The van der Waals surface area contributed by atoms with Crippen LogP contribution in [0.25, 0.3) is 0 Å². The number of nitrogens with zero attached hydrogens (tertiary/aromatic N) is 1. The van der Waals surface area contributed by atoms with Crippen molar-refractivity contribution < 1.29 is 4.39 Å². The minimum Gasteiger partial charge on any atom is -0.255 e. The second-order valence-electron chi connectivity index (χ2n) is 3.00. The fourth-order valence-electron chi connectivity index (χ4n) is 1.10. The zero-order valence-corrected chi connectivity index (χ0v) is 10.3. The molecule has 0 aliphatic heterocycles. The Morgan fingerprint density at radius 2 is 2.00 bits per heavy atom. The molecule has 0 fully saturated rings. The molecule has 82 valence electrons. The number of thiophene rings is 1. The predicted molar refractivity (Wildman–Crippen MR) is 68.0 cm³/mol. The van der Waals surface area contributed by atoms with E-state index >= 15 is 0 Å². The highest BCUT2D eigenvalue weighted by Gasteiger charge is 1.99. The van der Waals surface area contributed by atoms with Crippen LogP contribution in [0.2, 0.25) is 9.36 Å². The highest BCUT2D eigenvalue weighted by atomic mass is 35.5. The van der Waals surface area contributed by atoms with Crippen molar-refractivity contribution in [1.29, 1.82) is 0 Å². The summed E-state index contributed by atoms with van der Waals surface area (Å²) in [6, 6.07) is 7.98. The molecule has 0 aliphatic rings. The van der Waals surface area contributed by atoms with E-state index in [4.69, 9.17) is 23.2 Å². The fourth-order valence-corrected chi connectivity index (χ4v) is 2.21. The standard InChI is InChI=1S/C11H6Cl2FNS/c12-9-5-7(1-3-10(9)14)15-6-8-2-4-11(13)16-8/h1-6H. The molecular weight excluding hydrogens is 268 g/mol. The lowest BCUT2D eigenvalue weighted by Crippen LogP contribution is -1.76. The minimum absolute atomic E-state index is 0.0684. The molecule has 0 atom stereocenters. The van der Waals surface area contributed by atoms with E-state index in [-0.39, 0.29) is 5.02 Å². The molecule has 0 amide bonds. The number of hydrogen-bond acceptors (Lipinski definition) is 2. The van der Waals surface area contributed by atoms with Gasteiger partial charge in [-0.3, -0.25) is 4.99 Å². The van der Waals surface area contributed by atoms with Crippen LogP contribution in [-0.2, 0) is 0 Å². The van der Waals surface area contributed by atoms with Crippen molar-refractivity contribution in [3.63, 3.8) is 0 Å². The third kappa shape index (κ3) is 2.82. The second kappa shape index (κ2) is 4.95. The number of halogens is 3. The van der Waals surface area contributed by atoms with E-state index in [1.54, 1.807) is 18.3 Å². The summed E-state index contributed by atoms with van der Waals surface area (Å²) in [5.41, 5.74) is 0.607. The normalized spacial score (nSPS) is 11.2. The number of rotatable bonds is 2. The first-order valence-corrected chi connectivity index (χ1v) is 5.97. The van der Waals surface area contributed by atoms with E-state index in [2.05, 4.69) is 4.99 Å². The molecule has 1 aromatic carbocycles. The zero-order chi connectivity index (χ0) is 11.5. The molecule has 5 heteroatoms. The molecule has 2 aromatic rings. The van der Waals surface area contributed by atoms with Gasteiger partial charge in [-0.15, -0.1) is 11.3 Å². The molecule has 0 aliphatic carbocycles. The topological polar surface area (TPSA) is 12.4 Å². The Morgan fingerprint density at radius 1 is 1.19 bits per heavy atom. The molecule has 0 radical (unpaired) electrons. The Labute approximate surface area is 106 Å². The first kappa shape index (κ1) is 11.6. The predicted octanol–water partition coefficient (Wildman–Crippen LogP) is 4.94. The van der Waals surface area contributed by atoms with E-state index in [9.17, 15) is 4.39 Å². The second-order valence-corrected chi connectivity index (χ2v) is 5.15. The molecule has 1 heterocycles. The average molecular weight is 274 g/mol. The molecule has 0 saturated carbocycles. The molecule has 0 unspecified atom stereocenters. The third-order valence-electron chi connectivity index (χ3n) is 1.84. The Bertz CT molecular complexity index is 537. The van der Waals surface area contributed by atoms with Gasteiger partial charge < -0.3 is 0 Å². The maximum absolute atomic E-state index is 12.9. The lowest BCUT2D eigenvalue weighted by molar-refractivity contribution is 0.628. The summed E-state index contributed by atoms with van der Waals surface area (Å²) in [7, 11) is 0. The first-order valence-electron chi connectivity index (χ1n) is 4.39. The van der Waals surface area contributed by atoms with Gasteiger partial charge in [0.1, 0.15) is 5.82 Å². The van der Waals surface area contributed by atoms with Gasteiger partial charge in [0.2, 0.25) is 0 Å². The molecule has 2 rings (SSSR count). The average Bonchev–Trinajstić information content (AvgIpc) is 2.66. The third-order valence-corrected chi connectivity index (χ3v) is 3.29. The van der Waals surface area contributed by atoms with Crippen LogP contribution in [0.3, 0.4) is 0 Å².